The van der Waals surface area contributed by atoms with Crippen LogP contribution in [-0.4, -0.2) is 47.9 Å². The normalized spacial score (nSPS) is 17.9. The second-order valence-corrected chi connectivity index (χ2v) is 6.07. The average molecular weight is 282 g/mol. The number of amides is 1. The topological polar surface area (TPSA) is 61.6 Å². The van der Waals surface area contributed by atoms with Crippen LogP contribution >= 0.6 is 11.3 Å². The van der Waals surface area contributed by atoms with Crippen molar-refractivity contribution in [2.75, 3.05) is 26.2 Å². The Balaban J connectivity index is 1.93. The van der Waals surface area contributed by atoms with Gasteiger partial charge in [-0.2, -0.15) is 0 Å². The van der Waals surface area contributed by atoms with Crippen LogP contribution < -0.4 is 11.3 Å². The molecule has 1 saturated heterocycles. The third-order valence-corrected chi connectivity index (χ3v) is 4.57. The molecular formula is C13H22N4OS. The lowest BCUT2D eigenvalue weighted by Crippen LogP contribution is -2.48. The summed E-state index contributed by atoms with van der Waals surface area (Å²) >= 11 is 1.45. The quantitative estimate of drug-likeness (QED) is 0.489. The number of nitrogen functional groups attached to an aromatic ring is 1. The van der Waals surface area contributed by atoms with Crippen molar-refractivity contribution >= 4 is 17.2 Å². The first-order valence-corrected chi connectivity index (χ1v) is 7.53. The van der Waals surface area contributed by atoms with Gasteiger partial charge in [-0.15, -0.1) is 11.3 Å². The van der Waals surface area contributed by atoms with E-state index in [0.29, 0.717) is 6.04 Å². The maximum Gasteiger partial charge on any atom is 0.275 e. The van der Waals surface area contributed by atoms with E-state index in [4.69, 9.17) is 5.84 Å². The molecule has 0 aliphatic carbocycles. The molecule has 1 aromatic heterocycles. The molecule has 1 aliphatic heterocycles. The van der Waals surface area contributed by atoms with Crippen molar-refractivity contribution in [1.82, 2.24) is 15.2 Å². The molecule has 106 valence electrons. The summed E-state index contributed by atoms with van der Waals surface area (Å²) in [6.45, 7) is 9.60. The Labute approximate surface area is 118 Å². The highest BCUT2D eigenvalue weighted by Crippen LogP contribution is 2.19. The van der Waals surface area contributed by atoms with Gasteiger partial charge in [0.2, 0.25) is 0 Å². The molecule has 1 amide bonds. The summed E-state index contributed by atoms with van der Waals surface area (Å²) in [4.78, 5) is 17.2. The van der Waals surface area contributed by atoms with Gasteiger partial charge in [0.15, 0.2) is 0 Å². The first kappa shape index (κ1) is 14.5. The van der Waals surface area contributed by atoms with Crippen LogP contribution in [0.4, 0.5) is 0 Å². The van der Waals surface area contributed by atoms with Crippen LogP contribution in [0.25, 0.3) is 0 Å². The van der Waals surface area contributed by atoms with Gasteiger partial charge in [0.25, 0.3) is 5.91 Å². The van der Waals surface area contributed by atoms with Crippen LogP contribution in [0.3, 0.4) is 0 Å². The van der Waals surface area contributed by atoms with Crippen LogP contribution in [-0.2, 0) is 6.54 Å². The lowest BCUT2D eigenvalue weighted by Gasteiger charge is -2.36. The maximum absolute atomic E-state index is 11.6. The first-order chi connectivity index (χ1) is 9.11. The Bertz CT molecular complexity index is 424. The van der Waals surface area contributed by atoms with Crippen LogP contribution in [0.2, 0.25) is 0 Å². The van der Waals surface area contributed by atoms with E-state index in [9.17, 15) is 4.79 Å². The zero-order valence-electron chi connectivity index (χ0n) is 11.6. The van der Waals surface area contributed by atoms with Crippen LogP contribution in [0, 0.1) is 0 Å². The fraction of sp³-hybridized carbons (Fsp3) is 0.615. The van der Waals surface area contributed by atoms with Gasteiger partial charge >= 0.3 is 0 Å². The minimum Gasteiger partial charge on any atom is -0.298 e. The summed E-state index contributed by atoms with van der Waals surface area (Å²) in [5, 5.41) is 1.95. The summed E-state index contributed by atoms with van der Waals surface area (Å²) in [5.74, 6) is 5.01. The van der Waals surface area contributed by atoms with Crippen molar-refractivity contribution in [3.05, 3.63) is 21.9 Å². The molecule has 5 nitrogen and oxygen atoms in total. The summed E-state index contributed by atoms with van der Waals surface area (Å²) in [7, 11) is 0. The molecule has 3 N–H and O–H groups in total. The summed E-state index contributed by atoms with van der Waals surface area (Å²) in [5.41, 5.74) is 3.29. The Morgan fingerprint density at radius 1 is 1.42 bits per heavy atom. The molecule has 0 bridgehead atoms. The average Bonchev–Trinajstić information content (AvgIpc) is 2.86. The highest BCUT2D eigenvalue weighted by molar-refractivity contribution is 7.12. The number of carbonyl (C=O) groups excluding carboxylic acids is 1. The fourth-order valence-corrected chi connectivity index (χ4v) is 3.22. The van der Waals surface area contributed by atoms with E-state index in [1.165, 1.54) is 11.3 Å². The molecule has 0 spiro atoms. The Morgan fingerprint density at radius 3 is 2.68 bits per heavy atom. The molecule has 0 radical (unpaired) electrons. The van der Waals surface area contributed by atoms with Crippen molar-refractivity contribution in [2.45, 2.75) is 26.4 Å². The standard InChI is InChI=1S/C13H22N4OS/c1-10(2)17-6-4-16(5-7-17)9-11-3-8-19-12(11)13(18)15-14/h3,8,10H,4-7,9,14H2,1-2H3,(H,15,18). The molecule has 1 aliphatic rings. The minimum atomic E-state index is -0.189. The fourth-order valence-electron chi connectivity index (χ4n) is 2.40. The van der Waals surface area contributed by atoms with Crippen molar-refractivity contribution in [3.63, 3.8) is 0 Å². The summed E-state index contributed by atoms with van der Waals surface area (Å²) < 4.78 is 0. The highest BCUT2D eigenvalue weighted by atomic mass is 32.1. The molecule has 19 heavy (non-hydrogen) atoms. The number of nitrogens with two attached hydrogens (primary N) is 1. The van der Waals surface area contributed by atoms with Crippen molar-refractivity contribution < 1.29 is 4.79 Å². The highest BCUT2D eigenvalue weighted by Gasteiger charge is 2.20. The predicted molar refractivity (Wildman–Crippen MR) is 78.0 cm³/mol. The summed E-state index contributed by atoms with van der Waals surface area (Å²) in [6, 6.07) is 2.63. The lowest BCUT2D eigenvalue weighted by molar-refractivity contribution is 0.0947. The van der Waals surface area contributed by atoms with E-state index in [2.05, 4.69) is 29.1 Å². The van der Waals surface area contributed by atoms with Gasteiger partial charge in [-0.1, -0.05) is 0 Å². The zero-order valence-corrected chi connectivity index (χ0v) is 12.4. The van der Waals surface area contributed by atoms with E-state index in [-0.39, 0.29) is 5.91 Å². The third-order valence-electron chi connectivity index (χ3n) is 3.62. The second-order valence-electron chi connectivity index (χ2n) is 5.15. The Kier molecular flexibility index (Phi) is 4.93. The minimum absolute atomic E-state index is 0.189. The number of nitrogens with one attached hydrogen (secondary N) is 1. The first-order valence-electron chi connectivity index (χ1n) is 6.65. The zero-order chi connectivity index (χ0) is 13.8. The number of hydrogen-bond acceptors (Lipinski definition) is 5. The van der Waals surface area contributed by atoms with E-state index < -0.39 is 0 Å². The van der Waals surface area contributed by atoms with Crippen molar-refractivity contribution in [3.8, 4) is 0 Å². The molecule has 6 heteroatoms. The Morgan fingerprint density at radius 2 is 2.11 bits per heavy atom. The monoisotopic (exact) mass is 282 g/mol. The molecule has 0 atom stereocenters. The van der Waals surface area contributed by atoms with Crippen molar-refractivity contribution in [1.29, 1.82) is 0 Å². The smallest absolute Gasteiger partial charge is 0.275 e. The van der Waals surface area contributed by atoms with Gasteiger partial charge in [-0.3, -0.25) is 20.0 Å². The van der Waals surface area contributed by atoms with Crippen LogP contribution in [0.15, 0.2) is 11.4 Å². The number of rotatable bonds is 4. The number of piperazine rings is 1. The maximum atomic E-state index is 11.6. The van der Waals surface area contributed by atoms with Gasteiger partial charge in [0.1, 0.15) is 0 Å². The summed E-state index contributed by atoms with van der Waals surface area (Å²) in [6.07, 6.45) is 0. The van der Waals surface area contributed by atoms with Gasteiger partial charge in [-0.25, -0.2) is 5.84 Å². The molecule has 0 saturated carbocycles. The van der Waals surface area contributed by atoms with Crippen LogP contribution in [0.1, 0.15) is 29.1 Å². The largest absolute Gasteiger partial charge is 0.298 e. The lowest BCUT2D eigenvalue weighted by atomic mass is 10.2. The molecule has 1 fully saturated rings. The number of hydrogen-bond donors (Lipinski definition) is 2. The van der Waals surface area contributed by atoms with Crippen LogP contribution in [0.5, 0.6) is 0 Å². The molecule has 2 heterocycles. The number of carbonyl (C=O) groups is 1. The SMILES string of the molecule is CC(C)N1CCN(Cc2ccsc2C(=O)NN)CC1. The molecule has 0 unspecified atom stereocenters. The van der Waals surface area contributed by atoms with Crippen molar-refractivity contribution in [2.24, 2.45) is 5.84 Å². The van der Waals surface area contributed by atoms with E-state index in [1.54, 1.807) is 0 Å². The van der Waals surface area contributed by atoms with E-state index in [1.807, 2.05) is 11.4 Å². The van der Waals surface area contributed by atoms with Gasteiger partial charge in [0, 0.05) is 38.8 Å². The van der Waals surface area contributed by atoms with E-state index >= 15 is 0 Å². The van der Waals surface area contributed by atoms with Gasteiger partial charge in [-0.05, 0) is 30.9 Å². The number of hydrazine groups is 1. The second kappa shape index (κ2) is 6.47. The van der Waals surface area contributed by atoms with E-state index in [0.717, 1.165) is 43.2 Å². The van der Waals surface area contributed by atoms with Gasteiger partial charge < -0.3 is 0 Å². The number of thiophene rings is 1. The third kappa shape index (κ3) is 3.54. The number of nitrogens with zero attached hydrogens (tertiary/aromatic N) is 2. The predicted octanol–water partition coefficient (Wildman–Crippen LogP) is 0.878. The molecular weight excluding hydrogens is 260 g/mol. The molecule has 0 aromatic carbocycles. The molecule has 1 aromatic rings. The Hall–Kier alpha value is -0.950. The molecule has 2 rings (SSSR count). The van der Waals surface area contributed by atoms with Gasteiger partial charge in [0.05, 0.1) is 4.88 Å².